The predicted molar refractivity (Wildman–Crippen MR) is 432 cm³/mol. The van der Waals surface area contributed by atoms with Crippen molar-refractivity contribution >= 4 is 39.5 Å². The van der Waals surface area contributed by atoms with Crippen molar-refractivity contribution in [2.75, 3.05) is 39.6 Å². The van der Waals surface area contributed by atoms with Crippen LogP contribution in [0.1, 0.15) is 465 Å². The molecule has 2 unspecified atom stereocenters. The Balaban J connectivity index is 5.17. The van der Waals surface area contributed by atoms with Gasteiger partial charge >= 0.3 is 39.5 Å². The van der Waals surface area contributed by atoms with E-state index in [0.717, 1.165) is 102 Å². The molecule has 0 heterocycles. The molecule has 0 spiro atoms. The number of aliphatic hydroxyl groups excluding tert-OH is 1. The van der Waals surface area contributed by atoms with E-state index in [9.17, 15) is 43.2 Å². The van der Waals surface area contributed by atoms with Gasteiger partial charge in [-0.05, 0) is 31.6 Å². The van der Waals surface area contributed by atoms with Crippen molar-refractivity contribution in [1.29, 1.82) is 0 Å². The molecule has 0 saturated heterocycles. The van der Waals surface area contributed by atoms with E-state index < -0.39 is 97.5 Å². The van der Waals surface area contributed by atoms with Gasteiger partial charge < -0.3 is 33.8 Å². The predicted octanol–water partition coefficient (Wildman–Crippen LogP) is 26.4. The average molecular weight is 1540 g/mol. The van der Waals surface area contributed by atoms with Gasteiger partial charge in [0.25, 0.3) is 0 Å². The monoisotopic (exact) mass is 1540 g/mol. The number of aliphatic hydroxyl groups is 1. The van der Waals surface area contributed by atoms with Crippen molar-refractivity contribution in [1.82, 2.24) is 0 Å². The smallest absolute Gasteiger partial charge is 0.462 e. The number of phosphoric ester groups is 2. The van der Waals surface area contributed by atoms with E-state index in [0.29, 0.717) is 25.7 Å². The van der Waals surface area contributed by atoms with Gasteiger partial charge in [-0.2, -0.15) is 0 Å². The third kappa shape index (κ3) is 79.9. The van der Waals surface area contributed by atoms with Crippen LogP contribution in [-0.4, -0.2) is 96.7 Å². The van der Waals surface area contributed by atoms with Crippen LogP contribution in [0.15, 0.2) is 0 Å². The second-order valence-electron chi connectivity index (χ2n) is 31.4. The van der Waals surface area contributed by atoms with Gasteiger partial charge in [0, 0.05) is 25.7 Å². The lowest BCUT2D eigenvalue weighted by molar-refractivity contribution is -0.161. The molecule has 0 aliphatic rings. The van der Waals surface area contributed by atoms with E-state index >= 15 is 0 Å². The summed E-state index contributed by atoms with van der Waals surface area (Å²) in [5.74, 6) is -1.33. The fraction of sp³-hybridized carbons (Fsp3) is 0.953. The molecule has 0 aromatic carbocycles. The maximum atomic E-state index is 13.1. The third-order valence-electron chi connectivity index (χ3n) is 20.3. The summed E-state index contributed by atoms with van der Waals surface area (Å²) < 4.78 is 68.8. The summed E-state index contributed by atoms with van der Waals surface area (Å²) in [6.45, 7) is 7.34. The standard InChI is InChI=1S/C86H168O17P2/c1-6-9-12-15-18-21-23-25-27-29-31-33-35-37-39-41-46-50-55-60-65-70-84(89)97-76-82(103-85(90)71-66-61-56-51-47-42-40-38-36-34-32-30-28-26-24-22-19-16-13-10-7-2)78-101-105(94,95)99-74-80(87)73-98-104(92,93)100-77-81(75-96-83(88)69-64-59-54-20-17-14-11-8-3)102-86(91)72-67-62-57-52-48-44-43-45-49-53-58-63-68-79(4)5/h79-82,87H,6-78H2,1-5H3,(H,92,93)(H,94,95)/t80-,81+,82+/m0/s1. The van der Waals surface area contributed by atoms with Crippen molar-refractivity contribution < 1.29 is 80.2 Å². The van der Waals surface area contributed by atoms with E-state index in [2.05, 4.69) is 34.6 Å². The Morgan fingerprint density at radius 2 is 0.438 bits per heavy atom. The van der Waals surface area contributed by atoms with Gasteiger partial charge in [0.05, 0.1) is 26.4 Å². The highest BCUT2D eigenvalue weighted by Crippen LogP contribution is 2.45. The van der Waals surface area contributed by atoms with Crippen LogP contribution in [0.4, 0.5) is 0 Å². The normalized spacial score (nSPS) is 13.8. The highest BCUT2D eigenvalue weighted by molar-refractivity contribution is 7.47. The molecule has 0 aromatic heterocycles. The molecule has 0 bridgehead atoms. The van der Waals surface area contributed by atoms with E-state index in [1.807, 2.05) is 0 Å². The average Bonchev–Trinajstić information content (AvgIpc) is 0.945. The molecule has 5 atom stereocenters. The SMILES string of the molecule is CCCCCCCCCCCCCCCCCCCCCCCC(=O)OC[C@H](COP(=O)(O)OC[C@@H](O)COP(=O)(O)OC[C@@H](COC(=O)CCCCCCCCCC)OC(=O)CCCCCCCCCCCCCCC(C)C)OC(=O)CCCCCCCCCCCCCCCCCCCCCCC. The molecule has 0 radical (unpaired) electrons. The van der Waals surface area contributed by atoms with Crippen LogP contribution < -0.4 is 0 Å². The van der Waals surface area contributed by atoms with Crippen molar-refractivity contribution in [3.8, 4) is 0 Å². The van der Waals surface area contributed by atoms with Crippen LogP contribution in [0.3, 0.4) is 0 Å². The molecular formula is C86H168O17P2. The van der Waals surface area contributed by atoms with Gasteiger partial charge in [-0.1, -0.05) is 413 Å². The molecule has 0 amide bonds. The lowest BCUT2D eigenvalue weighted by Crippen LogP contribution is -2.30. The Morgan fingerprint density at radius 1 is 0.257 bits per heavy atom. The number of carbonyl (C=O) groups is 4. The topological polar surface area (TPSA) is 237 Å². The van der Waals surface area contributed by atoms with Gasteiger partial charge in [-0.25, -0.2) is 9.13 Å². The summed E-state index contributed by atoms with van der Waals surface area (Å²) in [5.41, 5.74) is 0. The van der Waals surface area contributed by atoms with Gasteiger partial charge in [0.1, 0.15) is 19.3 Å². The quantitative estimate of drug-likeness (QED) is 0.0222. The summed E-state index contributed by atoms with van der Waals surface area (Å²) >= 11 is 0. The lowest BCUT2D eigenvalue weighted by Gasteiger charge is -2.21. The second-order valence-corrected chi connectivity index (χ2v) is 34.3. The minimum atomic E-state index is -4.96. The Morgan fingerprint density at radius 3 is 0.648 bits per heavy atom. The zero-order chi connectivity index (χ0) is 76.9. The number of phosphoric acid groups is 2. The molecule has 0 aliphatic heterocycles. The summed E-state index contributed by atoms with van der Waals surface area (Å²) in [6.07, 6.45) is 72.5. The molecule has 19 heteroatoms. The van der Waals surface area contributed by atoms with Gasteiger partial charge in [0.2, 0.25) is 0 Å². The van der Waals surface area contributed by atoms with Crippen molar-refractivity contribution in [3.05, 3.63) is 0 Å². The van der Waals surface area contributed by atoms with Crippen LogP contribution in [-0.2, 0) is 65.4 Å². The molecule has 0 rings (SSSR count). The molecule has 0 aliphatic carbocycles. The van der Waals surface area contributed by atoms with E-state index in [4.69, 9.17) is 37.0 Å². The molecule has 17 nitrogen and oxygen atoms in total. The van der Waals surface area contributed by atoms with E-state index in [-0.39, 0.29) is 25.7 Å². The van der Waals surface area contributed by atoms with Gasteiger partial charge in [-0.3, -0.25) is 37.3 Å². The number of unbranched alkanes of at least 4 members (excludes halogenated alkanes) is 58. The van der Waals surface area contributed by atoms with Crippen LogP contribution in [0.25, 0.3) is 0 Å². The minimum Gasteiger partial charge on any atom is -0.462 e. The number of hydrogen-bond donors (Lipinski definition) is 3. The molecule has 105 heavy (non-hydrogen) atoms. The molecule has 3 N–H and O–H groups in total. The number of hydrogen-bond acceptors (Lipinski definition) is 15. The first-order valence-electron chi connectivity index (χ1n) is 44.6. The van der Waals surface area contributed by atoms with Crippen LogP contribution in [0.5, 0.6) is 0 Å². The first-order chi connectivity index (χ1) is 51.0. The van der Waals surface area contributed by atoms with Crippen molar-refractivity contribution in [2.24, 2.45) is 5.92 Å². The van der Waals surface area contributed by atoms with Gasteiger partial charge in [0.15, 0.2) is 12.2 Å². The maximum absolute atomic E-state index is 13.1. The Bertz CT molecular complexity index is 2000. The van der Waals surface area contributed by atoms with E-state index in [1.165, 1.54) is 283 Å². The summed E-state index contributed by atoms with van der Waals surface area (Å²) in [6, 6.07) is 0. The zero-order valence-electron chi connectivity index (χ0n) is 68.9. The molecule has 0 fully saturated rings. The largest absolute Gasteiger partial charge is 0.472 e. The number of esters is 4. The summed E-state index contributed by atoms with van der Waals surface area (Å²) in [4.78, 5) is 73.1. The van der Waals surface area contributed by atoms with Crippen molar-refractivity contribution in [3.63, 3.8) is 0 Å². The van der Waals surface area contributed by atoms with E-state index in [1.54, 1.807) is 0 Å². The fourth-order valence-electron chi connectivity index (χ4n) is 13.5. The number of ether oxygens (including phenoxy) is 4. The Hall–Kier alpha value is -1.94. The van der Waals surface area contributed by atoms with Crippen LogP contribution >= 0.6 is 15.6 Å². The zero-order valence-corrected chi connectivity index (χ0v) is 70.7. The lowest BCUT2D eigenvalue weighted by atomic mass is 10.0. The minimum absolute atomic E-state index is 0.107. The number of rotatable bonds is 86. The highest BCUT2D eigenvalue weighted by Gasteiger charge is 2.30. The molecule has 0 aromatic rings. The summed E-state index contributed by atoms with van der Waals surface area (Å²) in [5, 5.41) is 10.7. The third-order valence-corrected chi connectivity index (χ3v) is 22.2. The molecule has 624 valence electrons. The maximum Gasteiger partial charge on any atom is 0.472 e. The molecule has 0 saturated carbocycles. The second kappa shape index (κ2) is 78.7. The van der Waals surface area contributed by atoms with Crippen molar-refractivity contribution in [2.45, 2.75) is 483 Å². The Labute approximate surface area is 645 Å². The fourth-order valence-corrected chi connectivity index (χ4v) is 15.1. The Kier molecular flexibility index (Phi) is 77.3. The molecular weight excluding hydrogens is 1370 g/mol. The number of carbonyl (C=O) groups excluding carboxylic acids is 4. The van der Waals surface area contributed by atoms with Crippen LogP contribution in [0.2, 0.25) is 0 Å². The summed E-state index contributed by atoms with van der Waals surface area (Å²) in [7, 11) is -9.92. The highest BCUT2D eigenvalue weighted by atomic mass is 31.2. The first-order valence-corrected chi connectivity index (χ1v) is 47.6. The van der Waals surface area contributed by atoms with Crippen LogP contribution in [0, 0.1) is 5.92 Å². The first kappa shape index (κ1) is 103. The van der Waals surface area contributed by atoms with Gasteiger partial charge in [-0.15, -0.1) is 0 Å².